The van der Waals surface area contributed by atoms with E-state index >= 15 is 0 Å². The highest BCUT2D eigenvalue weighted by molar-refractivity contribution is 7.90. The van der Waals surface area contributed by atoms with Gasteiger partial charge in [0.05, 0.1) is 16.0 Å². The highest BCUT2D eigenvalue weighted by Crippen LogP contribution is 2.37. The Bertz CT molecular complexity index is 525. The molecule has 2 nitrogen and oxygen atoms in total. The lowest BCUT2D eigenvalue weighted by Crippen LogP contribution is -2.13. The molecule has 0 unspecified atom stereocenters. The van der Waals surface area contributed by atoms with Crippen molar-refractivity contribution in [3.63, 3.8) is 0 Å². The summed E-state index contributed by atoms with van der Waals surface area (Å²) in [5.74, 6) is 0. The third kappa shape index (κ3) is 5.03. The van der Waals surface area contributed by atoms with Gasteiger partial charge in [-0.1, -0.05) is 13.8 Å². The maximum atomic E-state index is 12.4. The van der Waals surface area contributed by atoms with Crippen LogP contribution in [0.25, 0.3) is 0 Å². The maximum Gasteiger partial charge on any atom is 0.416 e. The molecule has 0 amide bonds. The zero-order valence-corrected chi connectivity index (χ0v) is 11.5. The standard InChI is InChI=1S/C9H6F6O2S.C2H6/c1-18(16,17)7-3-5(8(10,11)12)2-6(4-7)9(13,14)15;1-2/h2-4H,1H3;1-2H3. The van der Waals surface area contributed by atoms with Crippen molar-refractivity contribution >= 4 is 9.84 Å². The minimum atomic E-state index is -5.05. The normalized spacial score (nSPS) is 12.7. The van der Waals surface area contributed by atoms with Crippen LogP contribution in [-0.2, 0) is 22.2 Å². The van der Waals surface area contributed by atoms with Gasteiger partial charge in [-0.15, -0.1) is 0 Å². The van der Waals surface area contributed by atoms with Gasteiger partial charge in [0.25, 0.3) is 0 Å². The SMILES string of the molecule is CC.CS(=O)(=O)c1cc(C(F)(F)F)cc(C(F)(F)F)c1. The predicted octanol–water partition coefficient (Wildman–Crippen LogP) is 4.15. The second-order valence-electron chi connectivity index (χ2n) is 3.51. The van der Waals surface area contributed by atoms with E-state index in [1.807, 2.05) is 13.8 Å². The average molecular weight is 322 g/mol. The van der Waals surface area contributed by atoms with E-state index in [1.54, 1.807) is 0 Å². The van der Waals surface area contributed by atoms with Crippen molar-refractivity contribution in [3.05, 3.63) is 29.3 Å². The topological polar surface area (TPSA) is 34.1 Å². The van der Waals surface area contributed by atoms with Crippen LogP contribution < -0.4 is 0 Å². The summed E-state index contributed by atoms with van der Waals surface area (Å²) >= 11 is 0. The van der Waals surface area contributed by atoms with Crippen molar-refractivity contribution in [3.8, 4) is 0 Å². The van der Waals surface area contributed by atoms with Crippen LogP contribution in [0.1, 0.15) is 25.0 Å². The van der Waals surface area contributed by atoms with Crippen molar-refractivity contribution in [2.45, 2.75) is 31.1 Å². The van der Waals surface area contributed by atoms with Gasteiger partial charge >= 0.3 is 12.4 Å². The second kappa shape index (κ2) is 6.02. The Morgan fingerprint density at radius 1 is 0.800 bits per heavy atom. The fourth-order valence-corrected chi connectivity index (χ4v) is 1.82. The summed E-state index contributed by atoms with van der Waals surface area (Å²) in [6.45, 7) is 4.00. The van der Waals surface area contributed by atoms with Crippen LogP contribution in [0.15, 0.2) is 23.1 Å². The summed E-state index contributed by atoms with van der Waals surface area (Å²) in [6.07, 6.45) is -9.58. The summed E-state index contributed by atoms with van der Waals surface area (Å²) in [4.78, 5) is -1.02. The van der Waals surface area contributed by atoms with E-state index in [9.17, 15) is 34.8 Å². The van der Waals surface area contributed by atoms with Crippen LogP contribution in [0.5, 0.6) is 0 Å². The van der Waals surface area contributed by atoms with Crippen LogP contribution in [0.3, 0.4) is 0 Å². The van der Waals surface area contributed by atoms with Gasteiger partial charge in [0, 0.05) is 6.26 Å². The molecule has 0 aliphatic carbocycles. The fraction of sp³-hybridized carbons (Fsp3) is 0.455. The average Bonchev–Trinajstić information content (AvgIpc) is 2.27. The molecule has 0 heterocycles. The Labute approximate surface area is 112 Å². The van der Waals surface area contributed by atoms with E-state index < -0.39 is 38.2 Å². The van der Waals surface area contributed by atoms with E-state index in [0.717, 1.165) is 0 Å². The molecule has 0 spiro atoms. The van der Waals surface area contributed by atoms with Gasteiger partial charge < -0.3 is 0 Å². The minimum Gasteiger partial charge on any atom is -0.224 e. The van der Waals surface area contributed by atoms with Gasteiger partial charge in [0.1, 0.15) is 0 Å². The van der Waals surface area contributed by atoms with E-state index in [0.29, 0.717) is 6.26 Å². The van der Waals surface area contributed by atoms with Gasteiger partial charge in [0.15, 0.2) is 9.84 Å². The molecule has 1 aromatic carbocycles. The number of benzene rings is 1. The van der Waals surface area contributed by atoms with E-state index in [4.69, 9.17) is 0 Å². The van der Waals surface area contributed by atoms with E-state index in [-0.39, 0.29) is 18.2 Å². The van der Waals surface area contributed by atoms with Crippen LogP contribution in [0, 0.1) is 0 Å². The van der Waals surface area contributed by atoms with Gasteiger partial charge in [-0.25, -0.2) is 8.42 Å². The second-order valence-corrected chi connectivity index (χ2v) is 5.53. The Balaban J connectivity index is 0.00000172. The van der Waals surface area contributed by atoms with Crippen molar-refractivity contribution in [1.82, 2.24) is 0 Å². The smallest absolute Gasteiger partial charge is 0.224 e. The molecule has 0 aliphatic heterocycles. The molecule has 0 saturated heterocycles. The first-order chi connectivity index (χ1) is 8.82. The van der Waals surface area contributed by atoms with Crippen molar-refractivity contribution in [2.24, 2.45) is 0 Å². The van der Waals surface area contributed by atoms with E-state index in [2.05, 4.69) is 0 Å². The molecule has 0 atom stereocenters. The molecule has 1 rings (SSSR count). The number of sulfone groups is 1. The highest BCUT2D eigenvalue weighted by Gasteiger charge is 2.37. The number of hydrogen-bond acceptors (Lipinski definition) is 2. The Morgan fingerprint density at radius 2 is 1.10 bits per heavy atom. The zero-order valence-electron chi connectivity index (χ0n) is 10.7. The molecule has 0 saturated carbocycles. The lowest BCUT2D eigenvalue weighted by atomic mass is 10.1. The monoisotopic (exact) mass is 322 g/mol. The van der Waals surface area contributed by atoms with Crippen molar-refractivity contribution < 1.29 is 34.8 Å². The molecule has 20 heavy (non-hydrogen) atoms. The number of alkyl halides is 6. The fourth-order valence-electron chi connectivity index (χ4n) is 1.14. The van der Waals surface area contributed by atoms with Crippen LogP contribution >= 0.6 is 0 Å². The molecular weight excluding hydrogens is 310 g/mol. The lowest BCUT2D eigenvalue weighted by Gasteiger charge is -2.13. The first-order valence-electron chi connectivity index (χ1n) is 5.31. The highest BCUT2D eigenvalue weighted by atomic mass is 32.2. The molecule has 0 aliphatic rings. The largest absolute Gasteiger partial charge is 0.416 e. The van der Waals surface area contributed by atoms with Crippen LogP contribution in [-0.4, -0.2) is 14.7 Å². The number of rotatable bonds is 1. The van der Waals surface area contributed by atoms with Gasteiger partial charge in [-0.2, -0.15) is 26.3 Å². The molecule has 9 heteroatoms. The summed E-state index contributed by atoms with van der Waals surface area (Å²) in [5, 5.41) is 0. The van der Waals surface area contributed by atoms with Crippen molar-refractivity contribution in [2.75, 3.05) is 6.26 Å². The summed E-state index contributed by atoms with van der Waals surface area (Å²) in [6, 6.07) is 0.212. The minimum absolute atomic E-state index is 0.130. The van der Waals surface area contributed by atoms with Gasteiger partial charge in [-0.3, -0.25) is 0 Å². The summed E-state index contributed by atoms with van der Waals surface area (Å²) < 4.78 is 96.3. The quantitative estimate of drug-likeness (QED) is 0.728. The Hall–Kier alpha value is -1.25. The van der Waals surface area contributed by atoms with Gasteiger partial charge in [0.2, 0.25) is 0 Å². The zero-order chi connectivity index (χ0) is 16.4. The number of hydrogen-bond donors (Lipinski definition) is 0. The van der Waals surface area contributed by atoms with Crippen LogP contribution in [0.4, 0.5) is 26.3 Å². The number of halogens is 6. The molecular formula is C11H12F6O2S. The summed E-state index contributed by atoms with van der Waals surface area (Å²) in [7, 11) is -4.17. The first-order valence-corrected chi connectivity index (χ1v) is 7.20. The molecule has 1 aromatic rings. The maximum absolute atomic E-state index is 12.4. The molecule has 116 valence electrons. The van der Waals surface area contributed by atoms with Gasteiger partial charge in [-0.05, 0) is 18.2 Å². The third-order valence-electron chi connectivity index (χ3n) is 1.99. The predicted molar refractivity (Wildman–Crippen MR) is 60.9 cm³/mol. The molecule has 0 aromatic heterocycles. The van der Waals surface area contributed by atoms with Crippen LogP contribution in [0.2, 0.25) is 0 Å². The first kappa shape index (κ1) is 18.8. The summed E-state index contributed by atoms with van der Waals surface area (Å²) in [5.41, 5.74) is -3.31. The molecule has 0 N–H and O–H groups in total. The molecule has 0 bridgehead atoms. The van der Waals surface area contributed by atoms with E-state index in [1.165, 1.54) is 0 Å². The lowest BCUT2D eigenvalue weighted by molar-refractivity contribution is -0.143. The van der Waals surface area contributed by atoms with Crippen molar-refractivity contribution in [1.29, 1.82) is 0 Å². The molecule has 0 fully saturated rings. The third-order valence-corrected chi connectivity index (χ3v) is 3.08. The Kier molecular flexibility index (Phi) is 5.65. The Morgan fingerprint density at radius 3 is 1.30 bits per heavy atom. The molecule has 0 radical (unpaired) electrons.